The van der Waals surface area contributed by atoms with E-state index in [1.54, 1.807) is 4.90 Å². The SMILES string of the molecule is CCOC[C@H]1Cn2cc(-c3cn(Cc4ccc(F)cc4F)nn3)c(=O)c(O)c2C(=O)N1CC. The van der Waals surface area contributed by atoms with Crippen molar-refractivity contribution < 1.29 is 23.4 Å². The number of nitrogens with zero attached hydrogens (tertiary/aromatic N) is 5. The predicted octanol–water partition coefficient (Wildman–Crippen LogP) is 2.02. The zero-order chi connectivity index (χ0) is 23.7. The molecule has 1 N–H and O–H groups in total. The second kappa shape index (κ2) is 9.10. The maximum atomic E-state index is 14.0. The fourth-order valence-corrected chi connectivity index (χ4v) is 3.95. The number of likely N-dealkylation sites (N-methyl/N-ethyl adjacent to an activating group) is 1. The summed E-state index contributed by atoms with van der Waals surface area (Å²) < 4.78 is 35.4. The lowest BCUT2D eigenvalue weighted by molar-refractivity contribution is 0.0342. The lowest BCUT2D eigenvalue weighted by Gasteiger charge is -2.37. The molecule has 0 radical (unpaired) electrons. The molecule has 1 amide bonds. The average Bonchev–Trinajstić information content (AvgIpc) is 3.24. The fraction of sp³-hybridized carbons (Fsp3) is 0.364. The quantitative estimate of drug-likeness (QED) is 0.580. The van der Waals surface area contributed by atoms with Gasteiger partial charge in [-0.2, -0.15) is 0 Å². The molecule has 0 unspecified atom stereocenters. The second-order valence-electron chi connectivity index (χ2n) is 7.66. The number of pyridine rings is 1. The van der Waals surface area contributed by atoms with Gasteiger partial charge in [-0.15, -0.1) is 5.10 Å². The molecule has 0 spiro atoms. The van der Waals surface area contributed by atoms with E-state index in [0.29, 0.717) is 26.3 Å². The molecule has 0 saturated carbocycles. The van der Waals surface area contributed by atoms with Gasteiger partial charge in [0.25, 0.3) is 5.91 Å². The number of carbonyl (C=O) groups is 1. The summed E-state index contributed by atoms with van der Waals surface area (Å²) in [5.74, 6) is -2.53. The van der Waals surface area contributed by atoms with Gasteiger partial charge in [0.15, 0.2) is 11.4 Å². The van der Waals surface area contributed by atoms with E-state index in [1.165, 1.54) is 27.7 Å². The van der Waals surface area contributed by atoms with Crippen LogP contribution in [0.5, 0.6) is 5.75 Å². The van der Waals surface area contributed by atoms with Gasteiger partial charge in [-0.25, -0.2) is 13.5 Å². The zero-order valence-corrected chi connectivity index (χ0v) is 18.2. The average molecular weight is 459 g/mol. The first-order valence-electron chi connectivity index (χ1n) is 10.5. The van der Waals surface area contributed by atoms with Crippen LogP contribution in [0.1, 0.15) is 29.9 Å². The number of hydrogen-bond acceptors (Lipinski definition) is 6. The first-order chi connectivity index (χ1) is 15.8. The van der Waals surface area contributed by atoms with Crippen LogP contribution in [0.15, 0.2) is 35.4 Å². The summed E-state index contributed by atoms with van der Waals surface area (Å²) in [5, 5.41) is 18.5. The summed E-state index contributed by atoms with van der Waals surface area (Å²) in [4.78, 5) is 27.4. The number of aromatic nitrogens is 4. The molecule has 0 saturated heterocycles. The van der Waals surface area contributed by atoms with Gasteiger partial charge in [-0.05, 0) is 19.9 Å². The van der Waals surface area contributed by atoms with E-state index in [-0.39, 0.29) is 35.1 Å². The summed E-state index contributed by atoms with van der Waals surface area (Å²) in [6.07, 6.45) is 2.89. The molecule has 174 valence electrons. The van der Waals surface area contributed by atoms with Gasteiger partial charge in [0, 0.05) is 37.5 Å². The molecule has 0 aliphatic carbocycles. The minimum atomic E-state index is -0.756. The van der Waals surface area contributed by atoms with Crippen molar-refractivity contribution >= 4 is 5.91 Å². The first-order valence-corrected chi connectivity index (χ1v) is 10.5. The third-order valence-electron chi connectivity index (χ3n) is 5.58. The van der Waals surface area contributed by atoms with E-state index >= 15 is 0 Å². The number of rotatable bonds is 7. The molecule has 4 rings (SSSR count). The molecule has 0 fully saturated rings. The molecule has 1 aliphatic rings. The van der Waals surface area contributed by atoms with Crippen LogP contribution >= 0.6 is 0 Å². The van der Waals surface area contributed by atoms with E-state index in [1.807, 2.05) is 13.8 Å². The van der Waals surface area contributed by atoms with Gasteiger partial charge in [0.2, 0.25) is 5.43 Å². The first kappa shape index (κ1) is 22.6. The Labute approximate surface area is 187 Å². The van der Waals surface area contributed by atoms with Gasteiger partial charge in [-0.3, -0.25) is 9.59 Å². The van der Waals surface area contributed by atoms with Crippen molar-refractivity contribution in [2.24, 2.45) is 0 Å². The van der Waals surface area contributed by atoms with Crippen molar-refractivity contribution in [3.05, 3.63) is 63.7 Å². The minimum absolute atomic E-state index is 0.0300. The van der Waals surface area contributed by atoms with E-state index in [9.17, 15) is 23.5 Å². The van der Waals surface area contributed by atoms with E-state index in [4.69, 9.17) is 4.74 Å². The highest BCUT2D eigenvalue weighted by Crippen LogP contribution is 2.26. The highest BCUT2D eigenvalue weighted by atomic mass is 19.1. The van der Waals surface area contributed by atoms with Crippen LogP contribution < -0.4 is 5.43 Å². The number of benzene rings is 1. The van der Waals surface area contributed by atoms with Gasteiger partial charge in [0.05, 0.1) is 31.0 Å². The van der Waals surface area contributed by atoms with Gasteiger partial charge in [-0.1, -0.05) is 11.3 Å². The van der Waals surface area contributed by atoms with Crippen LogP contribution in [0.25, 0.3) is 11.3 Å². The largest absolute Gasteiger partial charge is 0.503 e. The maximum absolute atomic E-state index is 14.0. The van der Waals surface area contributed by atoms with E-state index < -0.39 is 28.7 Å². The number of amides is 1. The van der Waals surface area contributed by atoms with Crippen molar-refractivity contribution in [3.63, 3.8) is 0 Å². The van der Waals surface area contributed by atoms with E-state index in [0.717, 1.165) is 12.1 Å². The molecule has 11 heteroatoms. The standard InChI is InChI=1S/C22H23F2N5O4/c1-3-29-15(12-33-4-2)9-27-10-16(20(30)21(31)19(27)22(29)32)18-11-28(26-25-18)8-13-5-6-14(23)7-17(13)24/h5-7,10-11,15,31H,3-4,8-9,12H2,1-2H3/t15-/m1/s1. The molecule has 3 aromatic rings. The highest BCUT2D eigenvalue weighted by Gasteiger charge is 2.35. The van der Waals surface area contributed by atoms with Crippen LogP contribution in [0, 0.1) is 11.6 Å². The second-order valence-corrected chi connectivity index (χ2v) is 7.66. The highest BCUT2D eigenvalue weighted by molar-refractivity contribution is 5.96. The maximum Gasteiger partial charge on any atom is 0.274 e. The summed E-state index contributed by atoms with van der Waals surface area (Å²) >= 11 is 0. The molecule has 1 aliphatic heterocycles. The van der Waals surface area contributed by atoms with Crippen LogP contribution in [-0.4, -0.2) is 61.3 Å². The lowest BCUT2D eigenvalue weighted by Crippen LogP contribution is -2.50. The minimum Gasteiger partial charge on any atom is -0.503 e. The van der Waals surface area contributed by atoms with Crippen LogP contribution in [0.4, 0.5) is 8.78 Å². The molecular formula is C22H23F2N5O4. The molecule has 1 aromatic carbocycles. The Morgan fingerprint density at radius 2 is 2.00 bits per heavy atom. The zero-order valence-electron chi connectivity index (χ0n) is 18.2. The Balaban J connectivity index is 1.69. The van der Waals surface area contributed by atoms with Crippen molar-refractivity contribution in [1.82, 2.24) is 24.5 Å². The van der Waals surface area contributed by atoms with Crippen molar-refractivity contribution in [1.29, 1.82) is 0 Å². The molecule has 33 heavy (non-hydrogen) atoms. The number of fused-ring (bicyclic) bond motifs is 1. The van der Waals surface area contributed by atoms with Gasteiger partial charge >= 0.3 is 0 Å². The summed E-state index contributed by atoms with van der Waals surface area (Å²) in [5.41, 5.74) is -0.440. The van der Waals surface area contributed by atoms with Crippen molar-refractivity contribution in [2.45, 2.75) is 33.0 Å². The normalized spacial score (nSPS) is 15.7. The Kier molecular flexibility index (Phi) is 6.23. The van der Waals surface area contributed by atoms with Crippen LogP contribution in [0.2, 0.25) is 0 Å². The Hall–Kier alpha value is -3.60. The molecule has 0 bridgehead atoms. The number of halogens is 2. The smallest absolute Gasteiger partial charge is 0.274 e. The van der Waals surface area contributed by atoms with E-state index in [2.05, 4.69) is 10.3 Å². The molecule has 9 nitrogen and oxygen atoms in total. The number of hydrogen-bond donors (Lipinski definition) is 1. The lowest BCUT2D eigenvalue weighted by atomic mass is 10.1. The Morgan fingerprint density at radius 3 is 2.70 bits per heavy atom. The molecule has 1 atom stereocenters. The predicted molar refractivity (Wildman–Crippen MR) is 114 cm³/mol. The molecule has 3 heterocycles. The Morgan fingerprint density at radius 1 is 1.21 bits per heavy atom. The monoisotopic (exact) mass is 459 g/mol. The summed E-state index contributed by atoms with van der Waals surface area (Å²) in [6, 6.07) is 2.95. The topological polar surface area (TPSA) is 102 Å². The Bertz CT molecular complexity index is 1260. The van der Waals surface area contributed by atoms with Gasteiger partial charge in [0.1, 0.15) is 17.3 Å². The van der Waals surface area contributed by atoms with Crippen LogP contribution in [-0.2, 0) is 17.8 Å². The van der Waals surface area contributed by atoms with Crippen molar-refractivity contribution in [2.75, 3.05) is 19.8 Å². The summed E-state index contributed by atoms with van der Waals surface area (Å²) in [7, 11) is 0. The number of carbonyl (C=O) groups excluding carboxylic acids is 1. The third-order valence-corrected chi connectivity index (χ3v) is 5.58. The number of ether oxygens (including phenoxy) is 1. The molecule has 2 aromatic heterocycles. The summed E-state index contributed by atoms with van der Waals surface area (Å²) in [6.45, 7) is 5.18. The van der Waals surface area contributed by atoms with Crippen molar-refractivity contribution in [3.8, 4) is 17.0 Å². The fourth-order valence-electron chi connectivity index (χ4n) is 3.95. The third kappa shape index (κ3) is 4.23. The van der Waals surface area contributed by atoms with Gasteiger partial charge < -0.3 is 19.3 Å². The number of aromatic hydroxyl groups is 1. The van der Waals surface area contributed by atoms with Crippen LogP contribution in [0.3, 0.4) is 0 Å². The molecular weight excluding hydrogens is 436 g/mol.